The molecule has 0 bridgehead atoms. The lowest BCUT2D eigenvalue weighted by Crippen LogP contribution is -2.14. The smallest absolute Gasteiger partial charge is 0.165 e. The summed E-state index contributed by atoms with van der Waals surface area (Å²) in [4.78, 5) is 24.0. The van der Waals surface area contributed by atoms with E-state index in [1.165, 1.54) is 33.0 Å². The summed E-state index contributed by atoms with van der Waals surface area (Å²) in [5, 5.41) is 2.50. The third-order valence-corrected chi connectivity index (χ3v) is 11.6. The van der Waals surface area contributed by atoms with E-state index in [1.807, 2.05) is 24.3 Å². The van der Waals surface area contributed by atoms with E-state index < -0.39 is 0 Å². The van der Waals surface area contributed by atoms with Crippen molar-refractivity contribution < 1.29 is 0 Å². The quantitative estimate of drug-likeness (QED) is 0.170. The molecule has 274 valence electrons. The SMILES string of the molecule is CC1(C)c2ccccc2-c2c1ccc1c2c2ccccc2n1-c1c(-c2ccccc2)cc(-c2nc(-c3cccnc3)nc(-c3cccnc3)n2)cc1-c1ccccc1. The Hall–Kier alpha value is -7.57. The molecule has 0 aliphatic heterocycles. The highest BCUT2D eigenvalue weighted by atomic mass is 15.0. The minimum atomic E-state index is -0.122. The van der Waals surface area contributed by atoms with Crippen molar-refractivity contribution in [3.05, 3.63) is 194 Å². The molecule has 6 nitrogen and oxygen atoms in total. The van der Waals surface area contributed by atoms with Gasteiger partial charge >= 0.3 is 0 Å². The molecular weight excluding hydrogens is 709 g/mol. The monoisotopic (exact) mass is 744 g/mol. The highest BCUT2D eigenvalue weighted by molar-refractivity contribution is 6.18. The average Bonchev–Trinajstić information content (AvgIpc) is 3.75. The summed E-state index contributed by atoms with van der Waals surface area (Å²) >= 11 is 0. The van der Waals surface area contributed by atoms with Gasteiger partial charge in [0.05, 0.1) is 16.7 Å². The first kappa shape index (κ1) is 33.7. The minimum Gasteiger partial charge on any atom is -0.308 e. The number of pyridine rings is 2. The Balaban J connectivity index is 1.26. The fourth-order valence-electron chi connectivity index (χ4n) is 8.93. The third-order valence-electron chi connectivity index (χ3n) is 11.6. The van der Waals surface area contributed by atoms with Gasteiger partial charge in [-0.15, -0.1) is 0 Å². The number of nitrogens with zero attached hydrogens (tertiary/aromatic N) is 6. The zero-order valence-electron chi connectivity index (χ0n) is 32.0. The van der Waals surface area contributed by atoms with E-state index in [-0.39, 0.29) is 5.41 Å². The van der Waals surface area contributed by atoms with Crippen molar-refractivity contribution in [2.45, 2.75) is 19.3 Å². The van der Waals surface area contributed by atoms with Crippen molar-refractivity contribution in [1.29, 1.82) is 0 Å². The molecule has 6 aromatic carbocycles. The molecule has 0 unspecified atom stereocenters. The largest absolute Gasteiger partial charge is 0.308 e. The predicted molar refractivity (Wildman–Crippen MR) is 234 cm³/mol. The van der Waals surface area contributed by atoms with Crippen LogP contribution in [0.15, 0.2) is 183 Å². The van der Waals surface area contributed by atoms with Gasteiger partial charge in [0, 0.05) is 68.8 Å². The molecule has 0 atom stereocenters. The van der Waals surface area contributed by atoms with Gasteiger partial charge in [0.15, 0.2) is 17.5 Å². The molecule has 6 heteroatoms. The van der Waals surface area contributed by atoms with Crippen LogP contribution in [0.4, 0.5) is 0 Å². The first-order chi connectivity index (χ1) is 28.5. The van der Waals surface area contributed by atoms with Crippen molar-refractivity contribution in [3.63, 3.8) is 0 Å². The predicted octanol–water partition coefficient (Wildman–Crippen LogP) is 12.4. The number of aromatic nitrogens is 6. The molecule has 1 aliphatic rings. The van der Waals surface area contributed by atoms with E-state index in [0.29, 0.717) is 17.5 Å². The first-order valence-corrected chi connectivity index (χ1v) is 19.6. The first-order valence-electron chi connectivity index (χ1n) is 19.6. The molecule has 0 saturated heterocycles. The van der Waals surface area contributed by atoms with Crippen LogP contribution in [0.1, 0.15) is 25.0 Å². The van der Waals surface area contributed by atoms with Gasteiger partial charge in [-0.2, -0.15) is 0 Å². The molecule has 1 aliphatic carbocycles. The van der Waals surface area contributed by atoms with Crippen molar-refractivity contribution in [3.8, 4) is 73.2 Å². The summed E-state index contributed by atoms with van der Waals surface area (Å²) in [5.41, 5.74) is 15.4. The van der Waals surface area contributed by atoms with Crippen LogP contribution < -0.4 is 0 Å². The second-order valence-corrected chi connectivity index (χ2v) is 15.3. The van der Waals surface area contributed by atoms with E-state index in [2.05, 4.69) is 162 Å². The van der Waals surface area contributed by atoms with Crippen molar-refractivity contribution in [1.82, 2.24) is 29.5 Å². The van der Waals surface area contributed by atoms with E-state index in [9.17, 15) is 0 Å². The summed E-state index contributed by atoms with van der Waals surface area (Å²) in [6.07, 6.45) is 7.09. The maximum Gasteiger partial charge on any atom is 0.165 e. The highest BCUT2D eigenvalue weighted by Gasteiger charge is 2.37. The standard InChI is InChI=1S/C52H36N6/c1-52(2)42-23-11-9-21-38(42)46-43(52)25-26-45-47(46)39-22-10-12-24-44(39)58(45)48-40(33-15-5-3-6-16-33)29-37(30-41(48)34-17-7-4-8-18-34)51-56-49(35-19-13-27-53-31-35)55-50(57-51)36-20-14-28-54-32-36/h3-32H,1-2H3. The number of fused-ring (bicyclic) bond motifs is 7. The van der Waals surface area contributed by atoms with Crippen LogP contribution in [0, 0.1) is 0 Å². The number of hydrogen-bond donors (Lipinski definition) is 0. The van der Waals surface area contributed by atoms with E-state index >= 15 is 0 Å². The maximum absolute atomic E-state index is 5.15. The van der Waals surface area contributed by atoms with Gasteiger partial charge in [-0.3, -0.25) is 9.97 Å². The van der Waals surface area contributed by atoms with Gasteiger partial charge in [-0.25, -0.2) is 15.0 Å². The van der Waals surface area contributed by atoms with Crippen LogP contribution in [0.5, 0.6) is 0 Å². The Kier molecular flexibility index (Phi) is 7.73. The number of benzene rings is 6. The molecule has 58 heavy (non-hydrogen) atoms. The molecule has 10 aromatic rings. The average molecular weight is 745 g/mol. The molecular formula is C52H36N6. The van der Waals surface area contributed by atoms with Crippen molar-refractivity contribution in [2.24, 2.45) is 0 Å². The Bertz CT molecular complexity index is 3060. The lowest BCUT2D eigenvalue weighted by atomic mass is 9.82. The Morgan fingerprint density at radius 2 is 0.966 bits per heavy atom. The molecule has 0 spiro atoms. The normalized spacial score (nSPS) is 12.8. The van der Waals surface area contributed by atoms with Gasteiger partial charge in [0.2, 0.25) is 0 Å². The van der Waals surface area contributed by atoms with Crippen molar-refractivity contribution in [2.75, 3.05) is 0 Å². The van der Waals surface area contributed by atoms with E-state index in [4.69, 9.17) is 15.0 Å². The molecule has 0 radical (unpaired) electrons. The minimum absolute atomic E-state index is 0.122. The Morgan fingerprint density at radius 1 is 0.431 bits per heavy atom. The van der Waals surface area contributed by atoms with Gasteiger partial charge in [-0.1, -0.05) is 123 Å². The maximum atomic E-state index is 5.15. The molecule has 11 rings (SSSR count). The van der Waals surface area contributed by atoms with E-state index in [1.54, 1.807) is 24.8 Å². The second kappa shape index (κ2) is 13.3. The number of para-hydroxylation sites is 1. The van der Waals surface area contributed by atoms with Crippen LogP contribution in [0.3, 0.4) is 0 Å². The summed E-state index contributed by atoms with van der Waals surface area (Å²) < 4.78 is 2.49. The third kappa shape index (κ3) is 5.30. The van der Waals surface area contributed by atoms with Crippen molar-refractivity contribution >= 4 is 21.8 Å². The van der Waals surface area contributed by atoms with Crippen LogP contribution in [0.25, 0.3) is 95.0 Å². The highest BCUT2D eigenvalue weighted by Crippen LogP contribution is 2.54. The number of hydrogen-bond acceptors (Lipinski definition) is 5. The lowest BCUT2D eigenvalue weighted by Gasteiger charge is -2.22. The summed E-state index contributed by atoms with van der Waals surface area (Å²) in [6.45, 7) is 4.70. The Labute approximate surface area is 336 Å². The zero-order valence-corrected chi connectivity index (χ0v) is 32.0. The molecule has 4 aromatic heterocycles. The zero-order chi connectivity index (χ0) is 38.8. The number of rotatable bonds is 6. The van der Waals surface area contributed by atoms with Gasteiger partial charge in [0.1, 0.15) is 0 Å². The van der Waals surface area contributed by atoms with Crippen LogP contribution >= 0.6 is 0 Å². The van der Waals surface area contributed by atoms with E-state index in [0.717, 1.165) is 55.7 Å². The summed E-state index contributed by atoms with van der Waals surface area (Å²) in [7, 11) is 0. The second-order valence-electron chi connectivity index (χ2n) is 15.3. The van der Waals surface area contributed by atoms with Gasteiger partial charge < -0.3 is 4.57 Å². The molecule has 0 N–H and O–H groups in total. The van der Waals surface area contributed by atoms with Crippen LogP contribution in [-0.2, 0) is 5.41 Å². The molecule has 0 fully saturated rings. The molecule has 0 saturated carbocycles. The van der Waals surface area contributed by atoms with Gasteiger partial charge in [-0.05, 0) is 81.9 Å². The van der Waals surface area contributed by atoms with Crippen LogP contribution in [0.2, 0.25) is 0 Å². The Morgan fingerprint density at radius 3 is 1.57 bits per heavy atom. The fraction of sp³-hybridized carbons (Fsp3) is 0.0577. The summed E-state index contributed by atoms with van der Waals surface area (Å²) in [6, 6.07) is 56.1. The lowest BCUT2D eigenvalue weighted by molar-refractivity contribution is 0.661. The topological polar surface area (TPSA) is 69.4 Å². The fourth-order valence-corrected chi connectivity index (χ4v) is 8.93. The summed E-state index contributed by atoms with van der Waals surface area (Å²) in [5.74, 6) is 1.65. The van der Waals surface area contributed by atoms with Crippen LogP contribution in [-0.4, -0.2) is 29.5 Å². The molecule has 4 heterocycles. The molecule has 0 amide bonds. The van der Waals surface area contributed by atoms with Gasteiger partial charge in [0.25, 0.3) is 0 Å².